The largest absolute Gasteiger partial charge is 0.495 e. The fourth-order valence-electron chi connectivity index (χ4n) is 2.54. The second-order valence-electron chi connectivity index (χ2n) is 5.56. The first-order chi connectivity index (χ1) is 11.6. The molecule has 0 radical (unpaired) electrons. The van der Waals surface area contributed by atoms with Crippen LogP contribution in [0, 0.1) is 6.92 Å². The van der Waals surface area contributed by atoms with Gasteiger partial charge in [0.15, 0.2) is 0 Å². The Bertz CT molecular complexity index is 969. The van der Waals surface area contributed by atoms with Crippen LogP contribution in [-0.4, -0.2) is 16.2 Å². The summed E-state index contributed by atoms with van der Waals surface area (Å²) in [4.78, 5) is 24.9. The minimum atomic E-state index is -0.603. The highest BCUT2D eigenvalue weighted by atomic mass is 16.5. The molecule has 3 aromatic rings. The van der Waals surface area contributed by atoms with E-state index in [2.05, 4.69) is 0 Å². The highest BCUT2D eigenvalue weighted by Crippen LogP contribution is 2.19. The molecule has 0 fully saturated rings. The van der Waals surface area contributed by atoms with Crippen LogP contribution in [0.15, 0.2) is 70.5 Å². The van der Waals surface area contributed by atoms with Crippen molar-refractivity contribution in [3.05, 3.63) is 92.8 Å². The first-order valence-corrected chi connectivity index (χ1v) is 7.61. The van der Waals surface area contributed by atoms with Crippen molar-refractivity contribution in [2.24, 2.45) is 0 Å². The van der Waals surface area contributed by atoms with E-state index < -0.39 is 11.1 Å². The minimum absolute atomic E-state index is 0.362. The number of hydrogen-bond donors (Lipinski definition) is 0. The number of aryl methyl sites for hydroxylation is 1. The van der Waals surface area contributed by atoms with Crippen LogP contribution in [0.4, 0.5) is 0 Å². The van der Waals surface area contributed by atoms with Gasteiger partial charge in [0.1, 0.15) is 5.75 Å². The molecule has 3 rings (SSSR count). The molecule has 24 heavy (non-hydrogen) atoms. The van der Waals surface area contributed by atoms with E-state index in [9.17, 15) is 9.59 Å². The zero-order chi connectivity index (χ0) is 17.1. The number of aromatic nitrogens is 2. The standard InChI is InChI=1S/C19H18N2O3/c1-14-7-9-15(10-8-14)13-20-11-12-21(19(23)18(20)22)16-5-3-4-6-17(16)24-2/h3-12H,13H2,1-2H3. The third kappa shape index (κ3) is 3.01. The summed E-state index contributed by atoms with van der Waals surface area (Å²) in [5.74, 6) is 0.537. The maximum absolute atomic E-state index is 12.5. The Morgan fingerprint density at radius 1 is 0.917 bits per heavy atom. The molecule has 0 N–H and O–H groups in total. The van der Waals surface area contributed by atoms with E-state index in [4.69, 9.17) is 4.74 Å². The molecule has 1 aromatic heterocycles. The van der Waals surface area contributed by atoms with Crippen LogP contribution < -0.4 is 15.9 Å². The molecule has 122 valence electrons. The van der Waals surface area contributed by atoms with E-state index in [1.807, 2.05) is 37.3 Å². The number of para-hydroxylation sites is 2. The Labute approximate surface area is 139 Å². The van der Waals surface area contributed by atoms with Crippen LogP contribution in [0.5, 0.6) is 5.75 Å². The lowest BCUT2D eigenvalue weighted by atomic mass is 10.1. The van der Waals surface area contributed by atoms with Gasteiger partial charge in [-0.05, 0) is 24.6 Å². The average Bonchev–Trinajstić information content (AvgIpc) is 2.61. The Morgan fingerprint density at radius 3 is 2.33 bits per heavy atom. The van der Waals surface area contributed by atoms with E-state index in [0.29, 0.717) is 18.0 Å². The normalized spacial score (nSPS) is 10.6. The van der Waals surface area contributed by atoms with Crippen molar-refractivity contribution in [3.63, 3.8) is 0 Å². The van der Waals surface area contributed by atoms with Gasteiger partial charge in [-0.3, -0.25) is 14.2 Å². The maximum atomic E-state index is 12.5. The molecular formula is C19H18N2O3. The van der Waals surface area contributed by atoms with Crippen molar-refractivity contribution >= 4 is 0 Å². The van der Waals surface area contributed by atoms with E-state index in [1.54, 1.807) is 30.6 Å². The number of rotatable bonds is 4. The Hall–Kier alpha value is -3.08. The maximum Gasteiger partial charge on any atom is 0.321 e. The summed E-state index contributed by atoms with van der Waals surface area (Å²) in [5.41, 5.74) is 1.50. The topological polar surface area (TPSA) is 53.2 Å². The van der Waals surface area contributed by atoms with Gasteiger partial charge in [-0.25, -0.2) is 0 Å². The molecule has 5 nitrogen and oxygen atoms in total. The van der Waals surface area contributed by atoms with Crippen molar-refractivity contribution in [1.82, 2.24) is 9.13 Å². The summed E-state index contributed by atoms with van der Waals surface area (Å²) in [6, 6.07) is 15.0. The van der Waals surface area contributed by atoms with Crippen LogP contribution in [0.25, 0.3) is 5.69 Å². The zero-order valence-corrected chi connectivity index (χ0v) is 13.6. The quantitative estimate of drug-likeness (QED) is 0.693. The molecule has 0 spiro atoms. The fourth-order valence-corrected chi connectivity index (χ4v) is 2.54. The number of benzene rings is 2. The van der Waals surface area contributed by atoms with Gasteiger partial charge in [-0.15, -0.1) is 0 Å². The molecule has 0 amide bonds. The van der Waals surface area contributed by atoms with E-state index in [0.717, 1.165) is 11.1 Å². The molecule has 0 aliphatic rings. The van der Waals surface area contributed by atoms with Crippen molar-refractivity contribution in [2.45, 2.75) is 13.5 Å². The van der Waals surface area contributed by atoms with Crippen LogP contribution in [-0.2, 0) is 6.54 Å². The van der Waals surface area contributed by atoms with Crippen LogP contribution in [0.2, 0.25) is 0 Å². The lowest BCUT2D eigenvalue weighted by Gasteiger charge is -2.12. The molecular weight excluding hydrogens is 304 g/mol. The predicted octanol–water partition coefficient (Wildman–Crippen LogP) is 2.36. The molecule has 5 heteroatoms. The number of methoxy groups -OCH3 is 1. The Balaban J connectivity index is 2.02. The van der Waals surface area contributed by atoms with Gasteiger partial charge in [-0.1, -0.05) is 42.0 Å². The lowest BCUT2D eigenvalue weighted by molar-refractivity contribution is 0.412. The highest BCUT2D eigenvalue weighted by Gasteiger charge is 2.10. The fraction of sp³-hybridized carbons (Fsp3) is 0.158. The first kappa shape index (κ1) is 15.8. The van der Waals surface area contributed by atoms with Gasteiger partial charge in [0, 0.05) is 12.4 Å². The number of hydrogen-bond acceptors (Lipinski definition) is 3. The zero-order valence-electron chi connectivity index (χ0n) is 13.6. The predicted molar refractivity (Wildman–Crippen MR) is 93.1 cm³/mol. The van der Waals surface area contributed by atoms with Gasteiger partial charge < -0.3 is 9.30 Å². The van der Waals surface area contributed by atoms with Crippen LogP contribution >= 0.6 is 0 Å². The van der Waals surface area contributed by atoms with Crippen molar-refractivity contribution in [2.75, 3.05) is 7.11 Å². The van der Waals surface area contributed by atoms with Crippen LogP contribution in [0.1, 0.15) is 11.1 Å². The summed E-state index contributed by atoms with van der Waals surface area (Å²) < 4.78 is 7.99. The monoisotopic (exact) mass is 322 g/mol. The summed E-state index contributed by atoms with van der Waals surface area (Å²) in [6.45, 7) is 2.37. The number of ether oxygens (including phenoxy) is 1. The van der Waals surface area contributed by atoms with Gasteiger partial charge in [0.2, 0.25) is 0 Å². The molecule has 1 heterocycles. The molecule has 0 saturated carbocycles. The lowest BCUT2D eigenvalue weighted by Crippen LogP contribution is -2.40. The summed E-state index contributed by atoms with van der Waals surface area (Å²) >= 11 is 0. The van der Waals surface area contributed by atoms with Gasteiger partial charge >= 0.3 is 11.1 Å². The molecule has 0 aliphatic carbocycles. The molecule has 0 unspecified atom stereocenters. The molecule has 0 atom stereocenters. The second kappa shape index (κ2) is 6.58. The third-order valence-corrected chi connectivity index (χ3v) is 3.88. The Kier molecular flexibility index (Phi) is 4.33. The van der Waals surface area contributed by atoms with Crippen molar-refractivity contribution in [1.29, 1.82) is 0 Å². The summed E-state index contributed by atoms with van der Waals surface area (Å²) in [7, 11) is 1.53. The molecule has 0 saturated heterocycles. The van der Waals surface area contributed by atoms with Gasteiger partial charge in [0.25, 0.3) is 0 Å². The first-order valence-electron chi connectivity index (χ1n) is 7.61. The Morgan fingerprint density at radius 2 is 1.62 bits per heavy atom. The molecule has 0 aliphatic heterocycles. The van der Waals surface area contributed by atoms with Crippen molar-refractivity contribution in [3.8, 4) is 11.4 Å². The molecule has 2 aromatic carbocycles. The second-order valence-corrected chi connectivity index (χ2v) is 5.56. The molecule has 0 bridgehead atoms. The van der Waals surface area contributed by atoms with Crippen molar-refractivity contribution < 1.29 is 4.74 Å². The highest BCUT2D eigenvalue weighted by molar-refractivity contribution is 5.46. The van der Waals surface area contributed by atoms with Crippen LogP contribution in [0.3, 0.4) is 0 Å². The minimum Gasteiger partial charge on any atom is -0.495 e. The smallest absolute Gasteiger partial charge is 0.321 e. The summed E-state index contributed by atoms with van der Waals surface area (Å²) in [5, 5.41) is 0. The van der Waals surface area contributed by atoms with E-state index in [1.165, 1.54) is 16.2 Å². The van der Waals surface area contributed by atoms with Gasteiger partial charge in [0.05, 0.1) is 19.3 Å². The van der Waals surface area contributed by atoms with Gasteiger partial charge in [-0.2, -0.15) is 0 Å². The number of nitrogens with zero attached hydrogens (tertiary/aromatic N) is 2. The summed E-state index contributed by atoms with van der Waals surface area (Å²) in [6.07, 6.45) is 3.21. The third-order valence-electron chi connectivity index (χ3n) is 3.88. The van der Waals surface area contributed by atoms with E-state index in [-0.39, 0.29) is 0 Å². The van der Waals surface area contributed by atoms with E-state index >= 15 is 0 Å². The average molecular weight is 322 g/mol. The SMILES string of the molecule is COc1ccccc1-n1ccn(Cc2ccc(C)cc2)c(=O)c1=O.